The molecule has 0 saturated carbocycles. The molecule has 3 heterocycles. The number of likely N-dealkylation sites (tertiary alicyclic amines) is 2. The predicted octanol–water partition coefficient (Wildman–Crippen LogP) is 0.268. The standard InChI is InChI=1S/C19H34N2O5S/c1-4-6-11-9-13(20(2)10-11)18(25)21-8-5-7-12(21)17-15(23)14(22)16(24)19(26-17)27-3/h11-17,19,22-24H,4-10H2,1-3H3/t11-,12-,13+,14?,15?,16-,17-,19?/m1/s1. The van der Waals surface area contributed by atoms with E-state index in [1.54, 1.807) is 6.26 Å². The summed E-state index contributed by atoms with van der Waals surface area (Å²) >= 11 is 1.31. The molecule has 3 rings (SSSR count). The normalized spacial score (nSPS) is 43.4. The third kappa shape index (κ3) is 4.16. The van der Waals surface area contributed by atoms with Gasteiger partial charge in [0, 0.05) is 13.1 Å². The van der Waals surface area contributed by atoms with Gasteiger partial charge in [-0.25, -0.2) is 0 Å². The van der Waals surface area contributed by atoms with E-state index in [0.29, 0.717) is 12.5 Å². The summed E-state index contributed by atoms with van der Waals surface area (Å²) in [5.74, 6) is 0.667. The SMILES string of the molecule is CCC[C@@H]1C[C@@H](C(=O)N2CCC[C@@H]2[C@H]2OC(SC)[C@H](O)C(O)C2O)N(C)C1. The lowest BCUT2D eigenvalue weighted by molar-refractivity contribution is -0.211. The highest BCUT2D eigenvalue weighted by molar-refractivity contribution is 7.99. The number of carbonyl (C=O) groups excluding carboxylic acids is 1. The minimum atomic E-state index is -1.26. The van der Waals surface area contributed by atoms with Gasteiger partial charge in [0.25, 0.3) is 0 Å². The summed E-state index contributed by atoms with van der Waals surface area (Å²) in [6.07, 6.45) is 2.29. The second-order valence-electron chi connectivity index (χ2n) is 8.26. The molecule has 0 aromatic carbocycles. The number of nitrogens with zero attached hydrogens (tertiary/aromatic N) is 2. The number of hydrogen-bond donors (Lipinski definition) is 3. The number of rotatable bonds is 5. The molecule has 7 nitrogen and oxygen atoms in total. The second kappa shape index (κ2) is 8.97. The van der Waals surface area contributed by atoms with Crippen LogP contribution in [0.2, 0.25) is 0 Å². The molecule has 0 spiro atoms. The molecule has 0 bridgehead atoms. The Morgan fingerprint density at radius 1 is 1.22 bits per heavy atom. The Bertz CT molecular complexity index is 522. The van der Waals surface area contributed by atoms with E-state index >= 15 is 0 Å². The van der Waals surface area contributed by atoms with Crippen molar-refractivity contribution in [2.45, 2.75) is 81.0 Å². The van der Waals surface area contributed by atoms with Gasteiger partial charge >= 0.3 is 0 Å². The zero-order valence-corrected chi connectivity index (χ0v) is 17.3. The predicted molar refractivity (Wildman–Crippen MR) is 104 cm³/mol. The van der Waals surface area contributed by atoms with Crippen LogP contribution >= 0.6 is 11.8 Å². The molecule has 8 atom stereocenters. The average Bonchev–Trinajstić information content (AvgIpc) is 3.27. The second-order valence-corrected chi connectivity index (χ2v) is 9.20. The maximum atomic E-state index is 13.3. The number of likely N-dealkylation sites (N-methyl/N-ethyl adjacent to an activating group) is 1. The van der Waals surface area contributed by atoms with Crippen molar-refractivity contribution in [1.82, 2.24) is 9.80 Å². The van der Waals surface area contributed by atoms with Crippen LogP contribution in [-0.4, -0.2) is 99.4 Å². The van der Waals surface area contributed by atoms with Crippen molar-refractivity contribution in [1.29, 1.82) is 0 Å². The van der Waals surface area contributed by atoms with Gasteiger partial charge in [-0.15, -0.1) is 11.8 Å². The van der Waals surface area contributed by atoms with Crippen LogP contribution in [0.4, 0.5) is 0 Å². The van der Waals surface area contributed by atoms with Crippen molar-refractivity contribution in [3.8, 4) is 0 Å². The molecule has 0 aromatic heterocycles. The number of ether oxygens (including phenoxy) is 1. The Morgan fingerprint density at radius 2 is 1.96 bits per heavy atom. The Kier molecular flexibility index (Phi) is 7.08. The number of amides is 1. The number of carbonyl (C=O) groups is 1. The molecule has 3 unspecified atom stereocenters. The summed E-state index contributed by atoms with van der Waals surface area (Å²) in [6, 6.07) is -0.377. The van der Waals surface area contributed by atoms with Crippen LogP contribution in [0.3, 0.4) is 0 Å². The number of aliphatic hydroxyl groups excluding tert-OH is 3. The van der Waals surface area contributed by atoms with E-state index in [1.807, 2.05) is 11.9 Å². The topological polar surface area (TPSA) is 93.5 Å². The molecule has 0 aliphatic carbocycles. The van der Waals surface area contributed by atoms with Crippen LogP contribution in [0.1, 0.15) is 39.0 Å². The zero-order valence-electron chi connectivity index (χ0n) is 16.5. The zero-order chi connectivity index (χ0) is 19.7. The third-order valence-corrected chi connectivity index (χ3v) is 7.27. The molecule has 0 aromatic rings. The fourth-order valence-corrected chi connectivity index (χ4v) is 5.68. The average molecular weight is 403 g/mol. The fraction of sp³-hybridized carbons (Fsp3) is 0.947. The highest BCUT2D eigenvalue weighted by Crippen LogP contribution is 2.35. The van der Waals surface area contributed by atoms with Gasteiger partial charge in [0.15, 0.2) is 0 Å². The maximum Gasteiger partial charge on any atom is 0.240 e. The summed E-state index contributed by atoms with van der Waals surface area (Å²) < 4.78 is 5.94. The molecular weight excluding hydrogens is 368 g/mol. The van der Waals surface area contributed by atoms with Crippen LogP contribution in [0, 0.1) is 5.92 Å². The van der Waals surface area contributed by atoms with Crippen LogP contribution in [0.5, 0.6) is 0 Å². The Morgan fingerprint density at radius 3 is 2.63 bits per heavy atom. The van der Waals surface area contributed by atoms with E-state index in [9.17, 15) is 20.1 Å². The molecule has 1 amide bonds. The van der Waals surface area contributed by atoms with E-state index < -0.39 is 29.9 Å². The van der Waals surface area contributed by atoms with E-state index in [-0.39, 0.29) is 18.0 Å². The van der Waals surface area contributed by atoms with Crippen molar-refractivity contribution < 1.29 is 24.9 Å². The molecular formula is C19H34N2O5S. The van der Waals surface area contributed by atoms with Crippen molar-refractivity contribution >= 4 is 17.7 Å². The van der Waals surface area contributed by atoms with Gasteiger partial charge < -0.3 is 25.0 Å². The molecule has 3 aliphatic rings. The molecule has 3 N–H and O–H groups in total. The van der Waals surface area contributed by atoms with Crippen molar-refractivity contribution in [3.63, 3.8) is 0 Å². The first-order chi connectivity index (χ1) is 12.9. The smallest absolute Gasteiger partial charge is 0.240 e. The van der Waals surface area contributed by atoms with Crippen molar-refractivity contribution in [2.75, 3.05) is 26.4 Å². The third-order valence-electron chi connectivity index (χ3n) is 6.42. The first kappa shape index (κ1) is 21.3. The van der Waals surface area contributed by atoms with Gasteiger partial charge in [-0.1, -0.05) is 13.3 Å². The van der Waals surface area contributed by atoms with Crippen LogP contribution in [0.25, 0.3) is 0 Å². The molecule has 0 radical (unpaired) electrons. The fourth-order valence-electron chi connectivity index (χ4n) is 5.00. The maximum absolute atomic E-state index is 13.3. The number of thioether (sulfide) groups is 1. The minimum Gasteiger partial charge on any atom is -0.388 e. The molecule has 3 aliphatic heterocycles. The van der Waals surface area contributed by atoms with Crippen LogP contribution in [0.15, 0.2) is 0 Å². The van der Waals surface area contributed by atoms with Gasteiger partial charge in [-0.05, 0) is 44.9 Å². The first-order valence-corrected chi connectivity index (χ1v) is 11.4. The summed E-state index contributed by atoms with van der Waals surface area (Å²) in [5, 5.41) is 30.9. The number of aliphatic hydroxyl groups is 3. The lowest BCUT2D eigenvalue weighted by atomic mass is 9.93. The largest absolute Gasteiger partial charge is 0.388 e. The molecule has 156 valence electrons. The van der Waals surface area contributed by atoms with Gasteiger partial charge in [-0.2, -0.15) is 0 Å². The van der Waals surface area contributed by atoms with Crippen molar-refractivity contribution in [3.05, 3.63) is 0 Å². The van der Waals surface area contributed by atoms with Gasteiger partial charge in [0.05, 0.1) is 12.1 Å². The van der Waals surface area contributed by atoms with Gasteiger partial charge in [-0.3, -0.25) is 9.69 Å². The summed E-state index contributed by atoms with van der Waals surface area (Å²) in [6.45, 7) is 3.78. The van der Waals surface area contributed by atoms with Gasteiger partial charge in [0.2, 0.25) is 5.91 Å². The summed E-state index contributed by atoms with van der Waals surface area (Å²) in [7, 11) is 2.01. The van der Waals surface area contributed by atoms with E-state index in [0.717, 1.165) is 38.6 Å². The molecule has 27 heavy (non-hydrogen) atoms. The molecule has 8 heteroatoms. The van der Waals surface area contributed by atoms with Crippen molar-refractivity contribution in [2.24, 2.45) is 5.92 Å². The van der Waals surface area contributed by atoms with E-state index in [4.69, 9.17) is 4.74 Å². The van der Waals surface area contributed by atoms with Crippen LogP contribution in [-0.2, 0) is 9.53 Å². The van der Waals surface area contributed by atoms with E-state index in [2.05, 4.69) is 11.8 Å². The van der Waals surface area contributed by atoms with E-state index in [1.165, 1.54) is 11.8 Å². The highest BCUT2D eigenvalue weighted by atomic mass is 32.2. The molecule has 3 saturated heterocycles. The Labute approximate surface area is 166 Å². The first-order valence-electron chi connectivity index (χ1n) is 10.1. The lowest BCUT2D eigenvalue weighted by Gasteiger charge is -2.44. The summed E-state index contributed by atoms with van der Waals surface area (Å²) in [4.78, 5) is 17.3. The van der Waals surface area contributed by atoms with Gasteiger partial charge in [0.1, 0.15) is 29.9 Å². The lowest BCUT2D eigenvalue weighted by Crippen LogP contribution is -2.62. The summed E-state index contributed by atoms with van der Waals surface area (Å²) in [5.41, 5.74) is -0.603. The molecule has 3 fully saturated rings. The Hall–Kier alpha value is -0.380. The van der Waals surface area contributed by atoms with Crippen LogP contribution < -0.4 is 0 Å². The Balaban J connectivity index is 1.72. The minimum absolute atomic E-state index is 0.107. The number of hydrogen-bond acceptors (Lipinski definition) is 7. The quantitative estimate of drug-likeness (QED) is 0.608. The monoisotopic (exact) mass is 402 g/mol. The highest BCUT2D eigenvalue weighted by Gasteiger charge is 2.50.